The van der Waals surface area contributed by atoms with Crippen molar-refractivity contribution in [2.24, 2.45) is 0 Å². The van der Waals surface area contributed by atoms with E-state index in [-0.39, 0.29) is 18.4 Å². The van der Waals surface area contributed by atoms with Gasteiger partial charge in [0.25, 0.3) is 0 Å². The van der Waals surface area contributed by atoms with Crippen LogP contribution in [0, 0.1) is 0 Å². The summed E-state index contributed by atoms with van der Waals surface area (Å²) < 4.78 is 0. The Bertz CT molecular complexity index is 309. The molecule has 1 aliphatic rings. The fourth-order valence-electron chi connectivity index (χ4n) is 1.37. The maximum atomic E-state index is 9.81. The smallest absolute Gasteiger partial charge is 0.122 e. The first-order chi connectivity index (χ1) is 6.56. The van der Waals surface area contributed by atoms with Gasteiger partial charge in [-0.3, -0.25) is 0 Å². The van der Waals surface area contributed by atoms with Gasteiger partial charge < -0.3 is 15.5 Å². The third kappa shape index (κ3) is 2.17. The second kappa shape index (κ2) is 4.33. The number of nitrogens with one attached hydrogen (secondary N) is 1. The zero-order valence-electron chi connectivity index (χ0n) is 8.83. The van der Waals surface area contributed by atoms with Crippen LogP contribution in [0.2, 0.25) is 0 Å². The van der Waals surface area contributed by atoms with Crippen LogP contribution in [0.1, 0.15) is 20.8 Å². The van der Waals surface area contributed by atoms with Crippen LogP contribution in [0.25, 0.3) is 0 Å². The fourth-order valence-corrected chi connectivity index (χ4v) is 1.37. The third-order valence-corrected chi connectivity index (χ3v) is 2.14. The lowest BCUT2D eigenvalue weighted by molar-refractivity contribution is 0.318. The van der Waals surface area contributed by atoms with Gasteiger partial charge in [0.05, 0.1) is 12.6 Å². The SMILES string of the molecule is CC(C)=CC1=C(O)C(C)NC=C1CO. The highest BCUT2D eigenvalue weighted by Gasteiger charge is 2.18. The Balaban J connectivity index is 3.10. The monoisotopic (exact) mass is 195 g/mol. The van der Waals surface area contributed by atoms with Crippen molar-refractivity contribution in [3.05, 3.63) is 34.8 Å². The maximum Gasteiger partial charge on any atom is 0.122 e. The second-order valence-corrected chi connectivity index (χ2v) is 3.74. The van der Waals surface area contributed by atoms with Gasteiger partial charge in [-0.15, -0.1) is 0 Å². The zero-order chi connectivity index (χ0) is 10.7. The van der Waals surface area contributed by atoms with Crippen LogP contribution in [-0.2, 0) is 0 Å². The Morgan fingerprint density at radius 1 is 1.57 bits per heavy atom. The molecule has 0 aromatic rings. The van der Waals surface area contributed by atoms with Gasteiger partial charge in [0, 0.05) is 17.3 Å². The molecule has 0 saturated carbocycles. The summed E-state index contributed by atoms with van der Waals surface area (Å²) in [5, 5.41) is 21.9. The van der Waals surface area contributed by atoms with E-state index in [4.69, 9.17) is 5.11 Å². The highest BCUT2D eigenvalue weighted by atomic mass is 16.3. The van der Waals surface area contributed by atoms with E-state index in [2.05, 4.69) is 5.32 Å². The molecule has 0 fully saturated rings. The van der Waals surface area contributed by atoms with Crippen molar-refractivity contribution in [3.8, 4) is 0 Å². The molecule has 0 bridgehead atoms. The summed E-state index contributed by atoms with van der Waals surface area (Å²) >= 11 is 0. The van der Waals surface area contributed by atoms with Crippen LogP contribution in [-0.4, -0.2) is 22.9 Å². The Morgan fingerprint density at radius 2 is 2.21 bits per heavy atom. The summed E-state index contributed by atoms with van der Waals surface area (Å²) in [7, 11) is 0. The normalized spacial score (nSPS) is 21.4. The molecule has 3 nitrogen and oxygen atoms in total. The lowest BCUT2D eigenvalue weighted by Gasteiger charge is -2.22. The number of aliphatic hydroxyl groups excluding tert-OH is 2. The first kappa shape index (κ1) is 10.9. The van der Waals surface area contributed by atoms with Gasteiger partial charge in [-0.1, -0.05) is 11.6 Å². The molecule has 0 aromatic heterocycles. The second-order valence-electron chi connectivity index (χ2n) is 3.74. The van der Waals surface area contributed by atoms with Crippen molar-refractivity contribution >= 4 is 0 Å². The predicted octanol–water partition coefficient (Wildman–Crippen LogP) is 1.63. The molecule has 0 saturated heterocycles. The van der Waals surface area contributed by atoms with Crippen molar-refractivity contribution in [1.29, 1.82) is 0 Å². The summed E-state index contributed by atoms with van der Waals surface area (Å²) in [6, 6.07) is -0.0871. The van der Waals surface area contributed by atoms with E-state index >= 15 is 0 Å². The minimum absolute atomic E-state index is 0.0666. The quantitative estimate of drug-likeness (QED) is 0.627. The molecule has 1 aliphatic heterocycles. The molecule has 0 spiro atoms. The molecule has 0 aromatic carbocycles. The number of rotatable bonds is 2. The number of allylic oxidation sites excluding steroid dienone is 2. The lowest BCUT2D eigenvalue weighted by Crippen LogP contribution is -2.29. The molecule has 1 atom stereocenters. The Kier molecular flexibility index (Phi) is 3.36. The summed E-state index contributed by atoms with van der Waals surface area (Å²) in [6.07, 6.45) is 3.63. The Morgan fingerprint density at radius 3 is 2.71 bits per heavy atom. The number of aliphatic hydroxyl groups is 2. The largest absolute Gasteiger partial charge is 0.509 e. The summed E-state index contributed by atoms with van der Waals surface area (Å²) in [6.45, 7) is 5.73. The number of hydrogen-bond donors (Lipinski definition) is 3. The Labute approximate surface area is 84.5 Å². The molecule has 1 unspecified atom stereocenters. The molecule has 3 N–H and O–H groups in total. The van der Waals surface area contributed by atoms with E-state index in [0.717, 1.165) is 16.7 Å². The highest BCUT2D eigenvalue weighted by Crippen LogP contribution is 2.21. The van der Waals surface area contributed by atoms with Crippen LogP contribution in [0.15, 0.2) is 34.8 Å². The first-order valence-corrected chi connectivity index (χ1v) is 4.70. The molecule has 3 heteroatoms. The first-order valence-electron chi connectivity index (χ1n) is 4.70. The maximum absolute atomic E-state index is 9.81. The van der Waals surface area contributed by atoms with Crippen LogP contribution >= 0.6 is 0 Å². The average Bonchev–Trinajstić information content (AvgIpc) is 2.13. The van der Waals surface area contributed by atoms with Crippen molar-refractivity contribution < 1.29 is 10.2 Å². The highest BCUT2D eigenvalue weighted by molar-refractivity contribution is 5.46. The topological polar surface area (TPSA) is 52.5 Å². The zero-order valence-corrected chi connectivity index (χ0v) is 8.83. The number of hydrogen-bond acceptors (Lipinski definition) is 3. The van der Waals surface area contributed by atoms with Gasteiger partial charge in [-0.05, 0) is 20.8 Å². The van der Waals surface area contributed by atoms with Crippen LogP contribution < -0.4 is 5.32 Å². The number of dihydropyridines is 1. The van der Waals surface area contributed by atoms with Gasteiger partial charge >= 0.3 is 0 Å². The van der Waals surface area contributed by atoms with E-state index in [0.29, 0.717) is 0 Å². The predicted molar refractivity (Wildman–Crippen MR) is 56.9 cm³/mol. The van der Waals surface area contributed by atoms with E-state index < -0.39 is 0 Å². The van der Waals surface area contributed by atoms with Crippen molar-refractivity contribution in [3.63, 3.8) is 0 Å². The summed E-state index contributed by atoms with van der Waals surface area (Å²) in [4.78, 5) is 0. The molecule has 0 aliphatic carbocycles. The van der Waals surface area contributed by atoms with Crippen molar-refractivity contribution in [2.75, 3.05) is 6.61 Å². The minimum Gasteiger partial charge on any atom is -0.509 e. The molecule has 0 radical (unpaired) electrons. The molecule has 0 amide bonds. The van der Waals surface area contributed by atoms with Crippen LogP contribution in [0.3, 0.4) is 0 Å². The van der Waals surface area contributed by atoms with E-state index in [1.54, 1.807) is 6.20 Å². The van der Waals surface area contributed by atoms with Gasteiger partial charge in [0.15, 0.2) is 0 Å². The van der Waals surface area contributed by atoms with Gasteiger partial charge in [0.2, 0.25) is 0 Å². The van der Waals surface area contributed by atoms with E-state index in [1.165, 1.54) is 0 Å². The molecule has 14 heavy (non-hydrogen) atoms. The molecular weight excluding hydrogens is 178 g/mol. The fraction of sp³-hybridized carbons (Fsp3) is 0.455. The standard InChI is InChI=1S/C11H17NO2/c1-7(2)4-10-9(6-13)5-12-8(3)11(10)14/h4-5,8,12-14H,6H2,1-3H3. The molecule has 1 heterocycles. The summed E-state index contributed by atoms with van der Waals surface area (Å²) in [5.74, 6) is 0.290. The van der Waals surface area contributed by atoms with Crippen LogP contribution in [0.4, 0.5) is 0 Å². The van der Waals surface area contributed by atoms with Crippen molar-refractivity contribution in [1.82, 2.24) is 5.32 Å². The third-order valence-electron chi connectivity index (χ3n) is 2.14. The minimum atomic E-state index is -0.0871. The van der Waals surface area contributed by atoms with Gasteiger partial charge in [0.1, 0.15) is 5.76 Å². The van der Waals surface area contributed by atoms with E-state index in [9.17, 15) is 5.11 Å². The molecule has 1 rings (SSSR count). The Hall–Kier alpha value is -1.22. The van der Waals surface area contributed by atoms with E-state index in [1.807, 2.05) is 26.8 Å². The summed E-state index contributed by atoms with van der Waals surface area (Å²) in [5.41, 5.74) is 2.56. The van der Waals surface area contributed by atoms with Gasteiger partial charge in [-0.25, -0.2) is 0 Å². The molecule has 78 valence electrons. The van der Waals surface area contributed by atoms with Crippen molar-refractivity contribution in [2.45, 2.75) is 26.8 Å². The van der Waals surface area contributed by atoms with Gasteiger partial charge in [-0.2, -0.15) is 0 Å². The average molecular weight is 195 g/mol. The lowest BCUT2D eigenvalue weighted by atomic mass is 9.98. The molecular formula is C11H17NO2. The van der Waals surface area contributed by atoms with Crippen LogP contribution in [0.5, 0.6) is 0 Å².